The number of aromatic nitrogens is 2. The molecule has 106 valence electrons. The van der Waals surface area contributed by atoms with Crippen molar-refractivity contribution in [2.75, 3.05) is 18.8 Å². The molecule has 1 saturated heterocycles. The molecule has 0 unspecified atom stereocenters. The Kier molecular flexibility index (Phi) is 3.80. The Hall–Kier alpha value is -1.34. The second-order valence-electron chi connectivity index (χ2n) is 4.82. The molecule has 0 radical (unpaired) electrons. The van der Waals surface area contributed by atoms with Gasteiger partial charge in [-0.05, 0) is 25.8 Å². The van der Waals surface area contributed by atoms with Crippen molar-refractivity contribution in [3.8, 4) is 0 Å². The fourth-order valence-corrected chi connectivity index (χ4v) is 3.99. The largest absolute Gasteiger partial charge is 0.342 e. The van der Waals surface area contributed by atoms with E-state index in [2.05, 4.69) is 9.97 Å². The van der Waals surface area contributed by atoms with E-state index in [1.807, 2.05) is 17.9 Å². The quantitative estimate of drug-likeness (QED) is 0.696. The molecule has 5 nitrogen and oxygen atoms in total. The van der Waals surface area contributed by atoms with Gasteiger partial charge in [0, 0.05) is 18.0 Å². The van der Waals surface area contributed by atoms with E-state index in [1.54, 1.807) is 0 Å². The summed E-state index contributed by atoms with van der Waals surface area (Å²) in [5, 5.41) is 1.15. The van der Waals surface area contributed by atoms with Crippen LogP contribution in [0.2, 0.25) is 0 Å². The maximum Gasteiger partial charge on any atom is 0.260 e. The van der Waals surface area contributed by atoms with Gasteiger partial charge in [-0.25, -0.2) is 4.98 Å². The molecular weight excluding hydrogens is 294 g/mol. The fraction of sp³-hybridized carbons (Fsp3) is 0.462. The Bertz CT molecular complexity index is 701. The number of carbonyl (C=O) groups excluding carboxylic acids is 1. The number of likely N-dealkylation sites (tertiary alicyclic amines) is 1. The highest BCUT2D eigenvalue weighted by atomic mass is 32.2. The Labute approximate surface area is 124 Å². The summed E-state index contributed by atoms with van der Waals surface area (Å²) in [5.41, 5.74) is -0.129. The Morgan fingerprint density at radius 3 is 3.00 bits per heavy atom. The van der Waals surface area contributed by atoms with Gasteiger partial charge in [0.2, 0.25) is 5.91 Å². The topological polar surface area (TPSA) is 66.1 Å². The molecule has 3 rings (SSSR count). The first-order valence-electron chi connectivity index (χ1n) is 6.54. The Morgan fingerprint density at radius 2 is 2.25 bits per heavy atom. The molecule has 2 aromatic heterocycles. The molecular formula is C13H15N3O2S2. The highest BCUT2D eigenvalue weighted by Crippen LogP contribution is 2.22. The summed E-state index contributed by atoms with van der Waals surface area (Å²) in [7, 11) is 0. The average molecular weight is 309 g/mol. The summed E-state index contributed by atoms with van der Waals surface area (Å²) < 4.78 is 0. The van der Waals surface area contributed by atoms with E-state index in [1.165, 1.54) is 23.1 Å². The summed E-state index contributed by atoms with van der Waals surface area (Å²) >= 11 is 2.80. The lowest BCUT2D eigenvalue weighted by molar-refractivity contribution is -0.127. The number of aromatic amines is 1. The molecule has 2 aromatic rings. The van der Waals surface area contributed by atoms with E-state index in [0.29, 0.717) is 16.3 Å². The molecule has 0 aromatic carbocycles. The van der Waals surface area contributed by atoms with Gasteiger partial charge in [-0.3, -0.25) is 9.59 Å². The molecule has 0 spiro atoms. The summed E-state index contributed by atoms with van der Waals surface area (Å²) in [4.78, 5) is 34.7. The van der Waals surface area contributed by atoms with Gasteiger partial charge >= 0.3 is 0 Å². The highest BCUT2D eigenvalue weighted by Gasteiger charge is 2.18. The zero-order chi connectivity index (χ0) is 14.1. The van der Waals surface area contributed by atoms with Gasteiger partial charge in [0.15, 0.2) is 5.16 Å². The Morgan fingerprint density at radius 1 is 1.50 bits per heavy atom. The van der Waals surface area contributed by atoms with E-state index in [9.17, 15) is 9.59 Å². The summed E-state index contributed by atoms with van der Waals surface area (Å²) in [5.74, 6) is 0.455. The standard InChI is InChI=1S/C13H15N3O2S2/c1-8-6-9-11(18)14-13(15-12(9)20-8)19-7-10(17)16-4-2-3-5-16/h6H,2-5,7H2,1H3,(H,14,15,18). The highest BCUT2D eigenvalue weighted by molar-refractivity contribution is 7.99. The zero-order valence-corrected chi connectivity index (χ0v) is 12.8. The molecule has 7 heteroatoms. The summed E-state index contributed by atoms with van der Waals surface area (Å²) in [6.45, 7) is 3.66. The van der Waals surface area contributed by atoms with Gasteiger partial charge in [-0.1, -0.05) is 11.8 Å². The minimum absolute atomic E-state index is 0.123. The van der Waals surface area contributed by atoms with Crippen LogP contribution in [0.15, 0.2) is 16.0 Å². The first kappa shape index (κ1) is 13.6. The molecule has 0 bridgehead atoms. The molecule has 1 amide bonds. The van der Waals surface area contributed by atoms with E-state index in [-0.39, 0.29) is 11.5 Å². The van der Waals surface area contributed by atoms with Crippen molar-refractivity contribution in [2.45, 2.75) is 24.9 Å². The van der Waals surface area contributed by atoms with E-state index in [0.717, 1.165) is 35.6 Å². The van der Waals surface area contributed by atoms with Crippen LogP contribution in [0.1, 0.15) is 17.7 Å². The number of thioether (sulfide) groups is 1. The number of fused-ring (bicyclic) bond motifs is 1. The number of thiophene rings is 1. The monoisotopic (exact) mass is 309 g/mol. The lowest BCUT2D eigenvalue weighted by Crippen LogP contribution is -2.29. The van der Waals surface area contributed by atoms with Gasteiger partial charge in [-0.2, -0.15) is 0 Å². The van der Waals surface area contributed by atoms with Crippen molar-refractivity contribution in [1.82, 2.24) is 14.9 Å². The number of amides is 1. The van der Waals surface area contributed by atoms with Crippen molar-refractivity contribution < 1.29 is 4.79 Å². The number of aryl methyl sites for hydroxylation is 1. The smallest absolute Gasteiger partial charge is 0.260 e. The van der Waals surface area contributed by atoms with E-state index in [4.69, 9.17) is 0 Å². The number of nitrogens with zero attached hydrogens (tertiary/aromatic N) is 2. The minimum atomic E-state index is -0.129. The predicted octanol–water partition coefficient (Wildman–Crippen LogP) is 2.01. The second-order valence-corrected chi connectivity index (χ2v) is 7.02. The fourth-order valence-electron chi connectivity index (χ4n) is 2.29. The van der Waals surface area contributed by atoms with Crippen LogP contribution in [0.4, 0.5) is 0 Å². The molecule has 3 heterocycles. The van der Waals surface area contributed by atoms with E-state index < -0.39 is 0 Å². The molecule has 20 heavy (non-hydrogen) atoms. The molecule has 1 aliphatic heterocycles. The van der Waals surface area contributed by atoms with Crippen molar-refractivity contribution in [2.24, 2.45) is 0 Å². The van der Waals surface area contributed by atoms with Crippen LogP contribution in [-0.2, 0) is 4.79 Å². The number of H-pyrrole nitrogens is 1. The average Bonchev–Trinajstić information content (AvgIpc) is 3.04. The molecule has 0 aliphatic carbocycles. The normalized spacial score (nSPS) is 15.2. The van der Waals surface area contributed by atoms with Crippen molar-refractivity contribution >= 4 is 39.2 Å². The lowest BCUT2D eigenvalue weighted by atomic mass is 10.4. The first-order valence-corrected chi connectivity index (χ1v) is 8.35. The number of rotatable bonds is 3. The van der Waals surface area contributed by atoms with Crippen LogP contribution in [0.5, 0.6) is 0 Å². The molecule has 0 saturated carbocycles. The molecule has 1 aliphatic rings. The zero-order valence-electron chi connectivity index (χ0n) is 11.1. The van der Waals surface area contributed by atoms with Gasteiger partial charge in [0.1, 0.15) is 4.83 Å². The van der Waals surface area contributed by atoms with Crippen molar-refractivity contribution in [3.63, 3.8) is 0 Å². The SMILES string of the molecule is Cc1cc2c(=O)[nH]c(SCC(=O)N3CCCC3)nc2s1. The number of hydrogen-bond donors (Lipinski definition) is 1. The second kappa shape index (κ2) is 5.57. The van der Waals surface area contributed by atoms with Gasteiger partial charge in [0.25, 0.3) is 5.56 Å². The molecule has 1 N–H and O–H groups in total. The van der Waals surface area contributed by atoms with Crippen LogP contribution in [0.25, 0.3) is 10.2 Å². The third-order valence-corrected chi connectivity index (χ3v) is 5.10. The lowest BCUT2D eigenvalue weighted by Gasteiger charge is -2.14. The Balaban J connectivity index is 1.74. The van der Waals surface area contributed by atoms with Gasteiger partial charge < -0.3 is 9.88 Å². The molecule has 1 fully saturated rings. The molecule has 0 atom stereocenters. The number of carbonyl (C=O) groups is 1. The van der Waals surface area contributed by atoms with Crippen LogP contribution < -0.4 is 5.56 Å². The third kappa shape index (κ3) is 2.73. The van der Waals surface area contributed by atoms with Crippen LogP contribution in [0.3, 0.4) is 0 Å². The van der Waals surface area contributed by atoms with Crippen LogP contribution in [-0.4, -0.2) is 39.6 Å². The summed E-state index contributed by atoms with van der Waals surface area (Å²) in [6.07, 6.45) is 2.18. The first-order chi connectivity index (χ1) is 9.63. The minimum Gasteiger partial charge on any atom is -0.342 e. The predicted molar refractivity (Wildman–Crippen MR) is 81.5 cm³/mol. The number of nitrogens with one attached hydrogen (secondary N) is 1. The van der Waals surface area contributed by atoms with Crippen LogP contribution in [0, 0.1) is 6.92 Å². The van der Waals surface area contributed by atoms with Gasteiger partial charge in [0.05, 0.1) is 11.1 Å². The maximum absolute atomic E-state index is 12.0. The van der Waals surface area contributed by atoms with Crippen molar-refractivity contribution in [3.05, 3.63) is 21.3 Å². The summed E-state index contributed by atoms with van der Waals surface area (Å²) in [6, 6.07) is 1.84. The third-order valence-electron chi connectivity index (χ3n) is 3.29. The van der Waals surface area contributed by atoms with Crippen LogP contribution >= 0.6 is 23.1 Å². The maximum atomic E-state index is 12.0. The number of hydrogen-bond acceptors (Lipinski definition) is 5. The van der Waals surface area contributed by atoms with Gasteiger partial charge in [-0.15, -0.1) is 11.3 Å². The van der Waals surface area contributed by atoms with E-state index >= 15 is 0 Å². The van der Waals surface area contributed by atoms with Crippen molar-refractivity contribution in [1.29, 1.82) is 0 Å².